The van der Waals surface area contributed by atoms with E-state index in [9.17, 15) is 9.59 Å². The molecule has 1 atom stereocenters. The van der Waals surface area contributed by atoms with Crippen molar-refractivity contribution in [3.05, 3.63) is 35.9 Å². The maximum atomic E-state index is 11.2. The van der Waals surface area contributed by atoms with Crippen LogP contribution in [0.2, 0.25) is 0 Å². The Bertz CT molecular complexity index is 353. The summed E-state index contributed by atoms with van der Waals surface area (Å²) in [7, 11) is 0. The molecular formula is C10H8BrClO3. The van der Waals surface area contributed by atoms with Crippen LogP contribution in [0.1, 0.15) is 5.56 Å². The summed E-state index contributed by atoms with van der Waals surface area (Å²) in [6.07, 6.45) is 0. The molecule has 0 fully saturated rings. The highest BCUT2D eigenvalue weighted by atomic mass is 79.9. The number of halogens is 2. The molecule has 0 aliphatic carbocycles. The van der Waals surface area contributed by atoms with Crippen LogP contribution in [-0.2, 0) is 20.9 Å². The van der Waals surface area contributed by atoms with Gasteiger partial charge in [-0.3, -0.25) is 9.59 Å². The van der Waals surface area contributed by atoms with Crippen LogP contribution in [0.4, 0.5) is 0 Å². The Balaban J connectivity index is 2.44. The van der Waals surface area contributed by atoms with Crippen LogP contribution in [0.25, 0.3) is 0 Å². The summed E-state index contributed by atoms with van der Waals surface area (Å²) in [6, 6.07) is 9.17. The van der Waals surface area contributed by atoms with E-state index in [-0.39, 0.29) is 6.61 Å². The number of hydrogen-bond acceptors (Lipinski definition) is 3. The lowest BCUT2D eigenvalue weighted by Crippen LogP contribution is -2.22. The number of benzene rings is 1. The lowest BCUT2D eigenvalue weighted by atomic mass is 10.2. The second-order valence-corrected chi connectivity index (χ2v) is 4.05. The summed E-state index contributed by atoms with van der Waals surface area (Å²) in [4.78, 5) is 20.7. The minimum absolute atomic E-state index is 0.131. The van der Waals surface area contributed by atoms with Crippen LogP contribution >= 0.6 is 27.5 Å². The van der Waals surface area contributed by atoms with E-state index in [1.165, 1.54) is 0 Å². The van der Waals surface area contributed by atoms with Gasteiger partial charge in [-0.25, -0.2) is 0 Å². The van der Waals surface area contributed by atoms with E-state index in [4.69, 9.17) is 16.3 Å². The first kappa shape index (κ1) is 12.2. The molecule has 0 amide bonds. The van der Waals surface area contributed by atoms with Gasteiger partial charge in [-0.2, -0.15) is 0 Å². The average molecular weight is 292 g/mol. The fourth-order valence-corrected chi connectivity index (χ4v) is 1.12. The van der Waals surface area contributed by atoms with Gasteiger partial charge in [0.05, 0.1) is 0 Å². The molecule has 1 rings (SSSR count). The molecule has 0 N–H and O–H groups in total. The Hall–Kier alpha value is -0.870. The van der Waals surface area contributed by atoms with Gasteiger partial charge in [0.2, 0.25) is 5.24 Å². The highest BCUT2D eigenvalue weighted by Crippen LogP contribution is 2.09. The zero-order valence-corrected chi connectivity index (χ0v) is 9.99. The van der Waals surface area contributed by atoms with Gasteiger partial charge < -0.3 is 4.74 Å². The Morgan fingerprint density at radius 1 is 1.33 bits per heavy atom. The zero-order chi connectivity index (χ0) is 11.3. The average Bonchev–Trinajstić information content (AvgIpc) is 2.26. The monoisotopic (exact) mass is 290 g/mol. The van der Waals surface area contributed by atoms with Crippen LogP contribution < -0.4 is 0 Å². The third-order valence-corrected chi connectivity index (χ3v) is 2.90. The molecule has 1 unspecified atom stereocenters. The van der Waals surface area contributed by atoms with Crippen molar-refractivity contribution in [1.82, 2.24) is 0 Å². The maximum absolute atomic E-state index is 11.2. The number of hydrogen-bond donors (Lipinski definition) is 0. The molecule has 0 aliphatic heterocycles. The summed E-state index contributed by atoms with van der Waals surface area (Å²) >= 11 is 7.94. The molecule has 1 aromatic carbocycles. The molecular weight excluding hydrogens is 283 g/mol. The molecule has 1 aromatic rings. The SMILES string of the molecule is O=C(Cl)C(Br)C(=O)OCc1ccccc1. The summed E-state index contributed by atoms with van der Waals surface area (Å²) in [5.74, 6) is -0.682. The largest absolute Gasteiger partial charge is 0.460 e. The van der Waals surface area contributed by atoms with Gasteiger partial charge in [-0.05, 0) is 17.2 Å². The van der Waals surface area contributed by atoms with Crippen LogP contribution in [0.3, 0.4) is 0 Å². The molecule has 15 heavy (non-hydrogen) atoms. The van der Waals surface area contributed by atoms with Gasteiger partial charge in [-0.1, -0.05) is 46.3 Å². The summed E-state index contributed by atoms with van der Waals surface area (Å²) in [5, 5.41) is -0.784. The zero-order valence-electron chi connectivity index (χ0n) is 7.65. The molecule has 5 heteroatoms. The molecule has 3 nitrogen and oxygen atoms in total. The van der Waals surface area contributed by atoms with Crippen molar-refractivity contribution in [3.8, 4) is 0 Å². The molecule has 0 aliphatic rings. The van der Waals surface area contributed by atoms with Gasteiger partial charge in [0.1, 0.15) is 6.61 Å². The van der Waals surface area contributed by atoms with Crippen LogP contribution in [0.5, 0.6) is 0 Å². The number of carbonyl (C=O) groups is 2. The molecule has 0 bridgehead atoms. The number of ether oxygens (including phenoxy) is 1. The first-order valence-electron chi connectivity index (χ1n) is 4.15. The topological polar surface area (TPSA) is 43.4 Å². The lowest BCUT2D eigenvalue weighted by molar-refractivity contribution is -0.145. The molecule has 0 aromatic heterocycles. The van der Waals surface area contributed by atoms with E-state index in [0.29, 0.717) is 0 Å². The minimum Gasteiger partial charge on any atom is -0.460 e. The Morgan fingerprint density at radius 2 is 1.93 bits per heavy atom. The van der Waals surface area contributed by atoms with Gasteiger partial charge in [0.25, 0.3) is 0 Å². The number of esters is 1. The van der Waals surface area contributed by atoms with E-state index >= 15 is 0 Å². The molecule has 0 saturated carbocycles. The van der Waals surface area contributed by atoms with Crippen molar-refractivity contribution < 1.29 is 14.3 Å². The van der Waals surface area contributed by atoms with Gasteiger partial charge in [0.15, 0.2) is 4.83 Å². The number of alkyl halides is 1. The summed E-state index contributed by atoms with van der Waals surface area (Å²) in [6.45, 7) is 0.131. The van der Waals surface area contributed by atoms with Crippen LogP contribution in [0, 0.1) is 0 Å². The summed E-state index contributed by atoms with van der Waals surface area (Å²) in [5.41, 5.74) is 0.854. The van der Waals surface area contributed by atoms with E-state index in [1.807, 2.05) is 30.3 Å². The predicted octanol–water partition coefficient (Wildman–Crippen LogP) is 2.26. The van der Waals surface area contributed by atoms with Crippen molar-refractivity contribution in [2.45, 2.75) is 11.4 Å². The highest BCUT2D eigenvalue weighted by Gasteiger charge is 2.22. The predicted molar refractivity (Wildman–Crippen MR) is 59.8 cm³/mol. The van der Waals surface area contributed by atoms with E-state index in [0.717, 1.165) is 5.56 Å². The third kappa shape index (κ3) is 4.01. The van der Waals surface area contributed by atoms with Gasteiger partial charge >= 0.3 is 5.97 Å². The Labute approximate surface area is 100 Å². The van der Waals surface area contributed by atoms with Crippen LogP contribution in [-0.4, -0.2) is 16.0 Å². The van der Waals surface area contributed by atoms with Crippen LogP contribution in [0.15, 0.2) is 30.3 Å². The quantitative estimate of drug-likeness (QED) is 0.370. The van der Waals surface area contributed by atoms with Crippen molar-refractivity contribution in [2.24, 2.45) is 0 Å². The van der Waals surface area contributed by atoms with Crippen molar-refractivity contribution in [2.75, 3.05) is 0 Å². The fraction of sp³-hybridized carbons (Fsp3) is 0.200. The smallest absolute Gasteiger partial charge is 0.329 e. The van der Waals surface area contributed by atoms with E-state index in [1.54, 1.807) is 0 Å². The Morgan fingerprint density at radius 3 is 2.47 bits per heavy atom. The summed E-state index contributed by atoms with van der Waals surface area (Å²) < 4.78 is 4.86. The third-order valence-electron chi connectivity index (χ3n) is 1.63. The van der Waals surface area contributed by atoms with Gasteiger partial charge in [0, 0.05) is 0 Å². The second-order valence-electron chi connectivity index (χ2n) is 2.76. The van der Waals surface area contributed by atoms with E-state index < -0.39 is 16.0 Å². The molecule has 0 saturated heterocycles. The second kappa shape index (κ2) is 5.88. The first-order chi connectivity index (χ1) is 7.11. The van der Waals surface area contributed by atoms with E-state index in [2.05, 4.69) is 15.9 Å². The highest BCUT2D eigenvalue weighted by molar-refractivity contribution is 9.10. The molecule has 0 heterocycles. The number of carbonyl (C=O) groups excluding carboxylic acids is 2. The number of rotatable bonds is 4. The minimum atomic E-state index is -1.09. The first-order valence-corrected chi connectivity index (χ1v) is 5.44. The maximum Gasteiger partial charge on any atom is 0.329 e. The standard InChI is InChI=1S/C10H8BrClO3/c11-8(9(12)13)10(14)15-6-7-4-2-1-3-5-7/h1-5,8H,6H2. The lowest BCUT2D eigenvalue weighted by Gasteiger charge is -2.06. The Kier molecular flexibility index (Phi) is 4.78. The van der Waals surface area contributed by atoms with Crippen molar-refractivity contribution in [3.63, 3.8) is 0 Å². The van der Waals surface area contributed by atoms with Crippen molar-refractivity contribution >= 4 is 38.7 Å². The van der Waals surface area contributed by atoms with Gasteiger partial charge in [-0.15, -0.1) is 0 Å². The van der Waals surface area contributed by atoms with Crippen molar-refractivity contribution in [1.29, 1.82) is 0 Å². The fourth-order valence-electron chi connectivity index (χ4n) is 0.895. The molecule has 0 radical (unpaired) electrons. The normalized spacial score (nSPS) is 11.9. The molecule has 80 valence electrons. The molecule has 0 spiro atoms.